The molecule has 168 valence electrons. The molecule has 2 rings (SSSR count). The summed E-state index contributed by atoms with van der Waals surface area (Å²) >= 11 is 0. The molecule has 0 unspecified atom stereocenters. The van der Waals surface area contributed by atoms with Crippen molar-refractivity contribution in [1.29, 1.82) is 0 Å². The first-order chi connectivity index (χ1) is 14.5. The van der Waals surface area contributed by atoms with Gasteiger partial charge in [0.25, 0.3) is 0 Å². The van der Waals surface area contributed by atoms with Crippen molar-refractivity contribution < 1.29 is 19.4 Å². The van der Waals surface area contributed by atoms with Crippen LogP contribution in [0.1, 0.15) is 70.6 Å². The third kappa shape index (κ3) is 6.61. The third-order valence-electron chi connectivity index (χ3n) is 5.13. The van der Waals surface area contributed by atoms with Crippen LogP contribution in [0.15, 0.2) is 36.9 Å². The first kappa shape index (κ1) is 24.5. The van der Waals surface area contributed by atoms with Crippen molar-refractivity contribution in [1.82, 2.24) is 0 Å². The van der Waals surface area contributed by atoms with Gasteiger partial charge in [-0.2, -0.15) is 0 Å². The van der Waals surface area contributed by atoms with Gasteiger partial charge in [0.2, 0.25) is 6.79 Å². The van der Waals surface area contributed by atoms with Crippen molar-refractivity contribution in [2.24, 2.45) is 5.41 Å². The van der Waals surface area contributed by atoms with E-state index in [1.54, 1.807) is 20.8 Å². The molecule has 0 spiro atoms. The van der Waals surface area contributed by atoms with E-state index in [0.717, 1.165) is 53.5 Å². The molecule has 2 aromatic carbocycles. The Morgan fingerprint density at radius 2 is 1.84 bits per heavy atom. The van der Waals surface area contributed by atoms with E-state index in [2.05, 4.69) is 13.5 Å². The Bertz CT molecular complexity index is 935. The van der Waals surface area contributed by atoms with Gasteiger partial charge in [0.05, 0.1) is 11.0 Å². The molecule has 0 aliphatic rings. The molecule has 1 N–H and O–H groups in total. The van der Waals surface area contributed by atoms with Crippen LogP contribution in [0.25, 0.3) is 16.7 Å². The van der Waals surface area contributed by atoms with Crippen molar-refractivity contribution in [2.45, 2.75) is 67.2 Å². The fourth-order valence-corrected chi connectivity index (χ4v) is 3.36. The van der Waals surface area contributed by atoms with Crippen LogP contribution in [0.3, 0.4) is 0 Å². The Kier molecular flexibility index (Phi) is 8.32. The van der Waals surface area contributed by atoms with Gasteiger partial charge in [-0.05, 0) is 76.3 Å². The van der Waals surface area contributed by atoms with Crippen molar-refractivity contribution in [3.05, 3.63) is 53.6 Å². The fourth-order valence-electron chi connectivity index (χ4n) is 3.36. The van der Waals surface area contributed by atoms with Crippen molar-refractivity contribution >= 4 is 11.5 Å². The van der Waals surface area contributed by atoms with E-state index in [1.165, 1.54) is 0 Å². The van der Waals surface area contributed by atoms with Gasteiger partial charge in [-0.1, -0.05) is 55.7 Å². The first-order valence-corrected chi connectivity index (χ1v) is 11.0. The number of carbonyl (C=O) groups is 1. The molecule has 0 heterocycles. The van der Waals surface area contributed by atoms with Crippen LogP contribution in [-0.4, -0.2) is 17.9 Å². The molecule has 0 fully saturated rings. The monoisotopic (exact) mass is 424 g/mol. The number of phenols is 1. The average molecular weight is 425 g/mol. The summed E-state index contributed by atoms with van der Waals surface area (Å²) in [5.74, 6) is 0.316. The van der Waals surface area contributed by atoms with Gasteiger partial charge in [0.1, 0.15) is 11.5 Å². The van der Waals surface area contributed by atoms with Crippen molar-refractivity contribution in [2.75, 3.05) is 6.79 Å². The van der Waals surface area contributed by atoms with Crippen LogP contribution in [0, 0.1) is 12.3 Å². The molecular formula is C27H36O4. The largest absolute Gasteiger partial charge is 0.507 e. The second-order valence-corrected chi connectivity index (χ2v) is 9.22. The highest BCUT2D eigenvalue weighted by molar-refractivity contribution is 5.86. The van der Waals surface area contributed by atoms with Gasteiger partial charge in [-0.25, -0.2) is 0 Å². The summed E-state index contributed by atoms with van der Waals surface area (Å²) in [6.07, 6.45) is 4.14. The second-order valence-electron chi connectivity index (χ2n) is 9.22. The maximum absolute atomic E-state index is 12.1. The van der Waals surface area contributed by atoms with E-state index < -0.39 is 5.41 Å². The average Bonchev–Trinajstić information content (AvgIpc) is 2.67. The summed E-state index contributed by atoms with van der Waals surface area (Å²) in [6.45, 7) is 15.4. The lowest BCUT2D eigenvalue weighted by Crippen LogP contribution is -2.24. The molecule has 31 heavy (non-hydrogen) atoms. The van der Waals surface area contributed by atoms with E-state index in [-0.39, 0.29) is 18.5 Å². The number of aryl methyl sites for hydroxylation is 2. The van der Waals surface area contributed by atoms with Crippen LogP contribution >= 0.6 is 0 Å². The SMILES string of the molecule is C=C(C)c1ccc(C)cc1-c1c(O)cc(CCCCC)cc1OCOC(=O)C(C)(C)C. The highest BCUT2D eigenvalue weighted by Gasteiger charge is 2.24. The maximum Gasteiger partial charge on any atom is 0.314 e. The zero-order chi connectivity index (χ0) is 23.2. The predicted molar refractivity (Wildman–Crippen MR) is 127 cm³/mol. The summed E-state index contributed by atoms with van der Waals surface area (Å²) in [4.78, 5) is 12.1. The molecular weight excluding hydrogens is 388 g/mol. The number of hydrogen-bond acceptors (Lipinski definition) is 4. The summed E-state index contributed by atoms with van der Waals surface area (Å²) in [5.41, 5.74) is 4.73. The van der Waals surface area contributed by atoms with Crippen molar-refractivity contribution in [3.8, 4) is 22.6 Å². The van der Waals surface area contributed by atoms with Gasteiger partial charge in [0, 0.05) is 0 Å². The smallest absolute Gasteiger partial charge is 0.314 e. The van der Waals surface area contributed by atoms with E-state index in [9.17, 15) is 9.90 Å². The minimum absolute atomic E-state index is 0.152. The van der Waals surface area contributed by atoms with Crippen LogP contribution in [-0.2, 0) is 16.0 Å². The lowest BCUT2D eigenvalue weighted by Gasteiger charge is -2.20. The number of rotatable bonds is 9. The zero-order valence-corrected chi connectivity index (χ0v) is 19.8. The Morgan fingerprint density at radius 1 is 1.13 bits per heavy atom. The number of benzene rings is 2. The highest BCUT2D eigenvalue weighted by Crippen LogP contribution is 2.43. The summed E-state index contributed by atoms with van der Waals surface area (Å²) in [7, 11) is 0. The number of ether oxygens (including phenoxy) is 2. The van der Waals surface area contributed by atoms with Gasteiger partial charge in [-0.3, -0.25) is 4.79 Å². The van der Waals surface area contributed by atoms with Gasteiger partial charge >= 0.3 is 5.97 Å². The minimum atomic E-state index is -0.611. The number of carbonyl (C=O) groups excluding carboxylic acids is 1. The zero-order valence-electron chi connectivity index (χ0n) is 19.8. The summed E-state index contributed by atoms with van der Waals surface area (Å²) in [5, 5.41) is 11.0. The van der Waals surface area contributed by atoms with Crippen LogP contribution < -0.4 is 4.74 Å². The molecule has 0 aromatic heterocycles. The maximum atomic E-state index is 12.1. The third-order valence-corrected chi connectivity index (χ3v) is 5.13. The second kappa shape index (κ2) is 10.5. The van der Waals surface area contributed by atoms with Crippen LogP contribution in [0.2, 0.25) is 0 Å². The number of hydrogen-bond donors (Lipinski definition) is 1. The highest BCUT2D eigenvalue weighted by atomic mass is 16.7. The molecule has 0 saturated carbocycles. The molecule has 0 radical (unpaired) electrons. The molecule has 0 bridgehead atoms. The van der Waals surface area contributed by atoms with Gasteiger partial charge in [0.15, 0.2) is 0 Å². The number of aromatic hydroxyl groups is 1. The molecule has 0 atom stereocenters. The predicted octanol–water partition coefficient (Wildman–Crippen LogP) is 7.06. The topological polar surface area (TPSA) is 55.8 Å². The number of phenolic OH excluding ortho intramolecular Hbond substituents is 1. The van der Waals surface area contributed by atoms with E-state index >= 15 is 0 Å². The normalized spacial score (nSPS) is 11.3. The standard InChI is InChI=1S/C27H36O4/c1-8-9-10-11-20-15-23(28)25(22-14-19(4)12-13-21(22)18(2)3)24(16-20)30-17-31-26(29)27(5,6)7/h12-16,28H,2,8-11,17H2,1,3-7H3. The van der Waals surface area contributed by atoms with E-state index in [0.29, 0.717) is 11.3 Å². The van der Waals surface area contributed by atoms with Gasteiger partial charge in [-0.15, -0.1) is 0 Å². The van der Waals surface area contributed by atoms with Crippen LogP contribution in [0.5, 0.6) is 11.5 Å². The first-order valence-electron chi connectivity index (χ1n) is 11.0. The summed E-state index contributed by atoms with van der Waals surface area (Å²) < 4.78 is 11.2. The number of allylic oxidation sites excluding steroid dienone is 1. The van der Waals surface area contributed by atoms with E-state index in [1.807, 2.05) is 44.2 Å². The fraction of sp³-hybridized carbons (Fsp3) is 0.444. The Morgan fingerprint density at radius 3 is 2.45 bits per heavy atom. The Hall–Kier alpha value is -2.75. The molecule has 0 amide bonds. The minimum Gasteiger partial charge on any atom is -0.507 e. The van der Waals surface area contributed by atoms with Gasteiger partial charge < -0.3 is 14.6 Å². The number of unbranched alkanes of at least 4 members (excludes halogenated alkanes) is 2. The summed E-state index contributed by atoms with van der Waals surface area (Å²) in [6, 6.07) is 9.80. The lowest BCUT2D eigenvalue weighted by atomic mass is 9.91. The van der Waals surface area contributed by atoms with Crippen LogP contribution in [0.4, 0.5) is 0 Å². The molecule has 0 aliphatic heterocycles. The Balaban J connectivity index is 2.48. The quantitative estimate of drug-likeness (QED) is 0.266. The molecule has 4 nitrogen and oxygen atoms in total. The molecule has 4 heteroatoms. The van der Waals surface area contributed by atoms with Crippen molar-refractivity contribution in [3.63, 3.8) is 0 Å². The molecule has 2 aromatic rings. The molecule has 0 aliphatic carbocycles. The van der Waals surface area contributed by atoms with E-state index in [4.69, 9.17) is 9.47 Å². The lowest BCUT2D eigenvalue weighted by molar-refractivity contribution is -0.159. The molecule has 0 saturated heterocycles. The number of esters is 1. The Labute approximate surface area is 186 Å².